The van der Waals surface area contributed by atoms with Crippen LogP contribution in [0.5, 0.6) is 5.75 Å². The first-order valence-corrected chi connectivity index (χ1v) is 8.66. The number of hydrogen-bond donors (Lipinski definition) is 0. The lowest BCUT2D eigenvalue weighted by Crippen LogP contribution is -2.42. The number of amides is 2. The van der Waals surface area contributed by atoms with E-state index in [1.54, 1.807) is 6.07 Å². The van der Waals surface area contributed by atoms with Gasteiger partial charge in [-0.15, -0.1) is 4.90 Å². The third-order valence-electron chi connectivity index (χ3n) is 4.74. The second kappa shape index (κ2) is 6.63. The third kappa shape index (κ3) is 2.73. The van der Waals surface area contributed by atoms with Gasteiger partial charge in [0.1, 0.15) is 6.61 Å². The molecule has 1 aromatic carbocycles. The summed E-state index contributed by atoms with van der Waals surface area (Å²) in [6.45, 7) is 0.237. The van der Waals surface area contributed by atoms with E-state index in [1.807, 2.05) is 30.3 Å². The molecule has 6 nitrogen and oxygen atoms in total. The highest BCUT2D eigenvalue weighted by atomic mass is 16.5. The molecule has 0 saturated heterocycles. The molecule has 1 aromatic heterocycles. The summed E-state index contributed by atoms with van der Waals surface area (Å²) in [5.74, 6) is -0.643. The van der Waals surface area contributed by atoms with E-state index < -0.39 is 11.8 Å². The molecular weight excluding hydrogens is 332 g/mol. The number of nitrogens with zero attached hydrogens (tertiary/aromatic N) is 2. The summed E-state index contributed by atoms with van der Waals surface area (Å²) in [4.78, 5) is 26.5. The first kappa shape index (κ1) is 16.3. The maximum absolute atomic E-state index is 12.8. The van der Waals surface area contributed by atoms with Gasteiger partial charge >= 0.3 is 17.6 Å². The van der Waals surface area contributed by atoms with Crippen LogP contribution in [0.25, 0.3) is 0 Å². The van der Waals surface area contributed by atoms with Crippen LogP contribution in [0.1, 0.15) is 31.2 Å². The largest absolute Gasteiger partial charge is 0.710 e. The van der Waals surface area contributed by atoms with Crippen LogP contribution in [0.2, 0.25) is 0 Å². The summed E-state index contributed by atoms with van der Waals surface area (Å²) < 4.78 is 6.30. The number of benzene rings is 1. The fourth-order valence-electron chi connectivity index (χ4n) is 3.45. The maximum Gasteiger partial charge on any atom is 0.345 e. The third-order valence-corrected chi connectivity index (χ3v) is 4.74. The Hall–Kier alpha value is -3.15. The molecule has 0 unspecified atom stereocenters. The van der Waals surface area contributed by atoms with Crippen molar-refractivity contribution in [3.63, 3.8) is 0 Å². The number of anilines is 1. The minimum Gasteiger partial charge on any atom is -0.710 e. The molecule has 1 aliphatic carbocycles. The van der Waals surface area contributed by atoms with Crippen molar-refractivity contribution in [2.24, 2.45) is 0 Å². The van der Waals surface area contributed by atoms with E-state index in [4.69, 9.17) is 4.74 Å². The lowest BCUT2D eigenvalue weighted by atomic mass is 9.93. The highest BCUT2D eigenvalue weighted by Crippen LogP contribution is 2.37. The first-order chi connectivity index (χ1) is 12.7. The van der Waals surface area contributed by atoms with E-state index in [-0.39, 0.29) is 18.2 Å². The Bertz CT molecular complexity index is 877. The molecule has 1 aliphatic heterocycles. The normalized spacial score (nSPS) is 16.8. The van der Waals surface area contributed by atoms with Crippen molar-refractivity contribution < 1.29 is 19.1 Å². The Morgan fingerprint density at radius 2 is 1.62 bits per heavy atom. The molecule has 0 spiro atoms. The van der Waals surface area contributed by atoms with Crippen molar-refractivity contribution in [1.82, 2.24) is 0 Å². The Balaban J connectivity index is 1.67. The van der Waals surface area contributed by atoms with E-state index >= 15 is 0 Å². The van der Waals surface area contributed by atoms with Gasteiger partial charge in [-0.25, -0.2) is 14.3 Å². The Labute approximate surface area is 150 Å². The van der Waals surface area contributed by atoms with E-state index in [1.165, 1.54) is 12.3 Å². The highest BCUT2D eigenvalue weighted by molar-refractivity contribution is 6.32. The highest BCUT2D eigenvalue weighted by Gasteiger charge is 2.48. The van der Waals surface area contributed by atoms with Gasteiger partial charge in [-0.05, 0) is 43.4 Å². The van der Waals surface area contributed by atoms with E-state index in [9.17, 15) is 14.8 Å². The molecule has 0 radical (unpaired) electrons. The summed E-state index contributed by atoms with van der Waals surface area (Å²) in [6, 6.07) is 12.6. The number of hydrogen-bond acceptors (Lipinski definition) is 4. The molecule has 0 N–H and O–H groups in total. The van der Waals surface area contributed by atoms with Crippen molar-refractivity contribution in [3.8, 4) is 5.75 Å². The van der Waals surface area contributed by atoms with Crippen LogP contribution >= 0.6 is 0 Å². The first-order valence-electron chi connectivity index (χ1n) is 8.66. The molecule has 2 heterocycles. The Morgan fingerprint density at radius 1 is 0.962 bits per heavy atom. The lowest BCUT2D eigenvalue weighted by Gasteiger charge is -2.17. The van der Waals surface area contributed by atoms with Gasteiger partial charge in [0.15, 0.2) is 0 Å². The van der Waals surface area contributed by atoms with Crippen molar-refractivity contribution in [1.29, 1.82) is 0 Å². The fourth-order valence-corrected chi connectivity index (χ4v) is 3.45. The van der Waals surface area contributed by atoms with Crippen LogP contribution in [0, 0.1) is 5.21 Å². The molecule has 2 amide bonds. The summed E-state index contributed by atoms with van der Waals surface area (Å²) in [7, 11) is 0. The summed E-state index contributed by atoms with van der Waals surface area (Å²) in [5, 5.41) is 12.4. The van der Waals surface area contributed by atoms with Gasteiger partial charge in [0.2, 0.25) is 5.75 Å². The number of imide groups is 1. The van der Waals surface area contributed by atoms with Crippen LogP contribution < -0.4 is 14.4 Å². The average molecular weight is 350 g/mol. The van der Waals surface area contributed by atoms with Crippen molar-refractivity contribution in [3.05, 3.63) is 70.6 Å². The van der Waals surface area contributed by atoms with Gasteiger partial charge in [-0.3, -0.25) is 0 Å². The summed E-state index contributed by atoms with van der Waals surface area (Å²) in [6.07, 6.45) is 4.21. The zero-order valence-electron chi connectivity index (χ0n) is 14.2. The van der Waals surface area contributed by atoms with Gasteiger partial charge in [-0.1, -0.05) is 30.3 Å². The Morgan fingerprint density at radius 3 is 2.27 bits per heavy atom. The van der Waals surface area contributed by atoms with Gasteiger partial charge < -0.3 is 9.94 Å². The molecule has 4 rings (SSSR count). The van der Waals surface area contributed by atoms with Crippen molar-refractivity contribution in [2.45, 2.75) is 32.3 Å². The molecule has 26 heavy (non-hydrogen) atoms. The van der Waals surface area contributed by atoms with Crippen LogP contribution in [-0.4, -0.2) is 11.8 Å². The van der Waals surface area contributed by atoms with E-state index in [0.29, 0.717) is 28.7 Å². The molecule has 0 saturated carbocycles. The second-order valence-electron chi connectivity index (χ2n) is 6.41. The standard InChI is InChI=1S/C20H18N2O4/c23-19-15-9-4-5-10-16(15)20(24)22(19)18-17(11-6-12-21(18)25)26-13-14-7-2-1-3-8-14/h1-3,6-8,11-12H,4-5,9-10,13H2. The number of carbonyl (C=O) groups is 2. The molecule has 6 heteroatoms. The quantitative estimate of drug-likeness (QED) is 0.483. The number of ether oxygens (including phenoxy) is 1. The van der Waals surface area contributed by atoms with Gasteiger partial charge in [-0.2, -0.15) is 0 Å². The van der Waals surface area contributed by atoms with Crippen molar-refractivity contribution in [2.75, 3.05) is 4.90 Å². The lowest BCUT2D eigenvalue weighted by molar-refractivity contribution is -0.591. The molecular formula is C20H18N2O4. The van der Waals surface area contributed by atoms with E-state index in [0.717, 1.165) is 23.3 Å². The van der Waals surface area contributed by atoms with Gasteiger partial charge in [0.05, 0.1) is 17.3 Å². The SMILES string of the molecule is O=C1C2=C(CCCC2)C(=O)N1c1c(OCc2ccccc2)ccc[n+]1[O-]. The molecule has 0 atom stereocenters. The van der Waals surface area contributed by atoms with Crippen LogP contribution in [0.4, 0.5) is 5.82 Å². The second-order valence-corrected chi connectivity index (χ2v) is 6.41. The average Bonchev–Trinajstić information content (AvgIpc) is 2.92. The van der Waals surface area contributed by atoms with Crippen LogP contribution in [-0.2, 0) is 16.2 Å². The predicted octanol–water partition coefficient (Wildman–Crippen LogP) is 2.64. The number of carbonyl (C=O) groups excluding carboxylic acids is 2. The summed E-state index contributed by atoms with van der Waals surface area (Å²) >= 11 is 0. The van der Waals surface area contributed by atoms with Gasteiger partial charge in [0.25, 0.3) is 0 Å². The Kier molecular flexibility index (Phi) is 4.16. The molecule has 2 aromatic rings. The topological polar surface area (TPSA) is 73.5 Å². The number of aromatic nitrogens is 1. The maximum atomic E-state index is 12.8. The predicted molar refractivity (Wildman–Crippen MR) is 94.2 cm³/mol. The monoisotopic (exact) mass is 350 g/mol. The van der Waals surface area contributed by atoms with Gasteiger partial charge in [0, 0.05) is 0 Å². The minimum atomic E-state index is -0.398. The number of rotatable bonds is 4. The molecule has 132 valence electrons. The zero-order chi connectivity index (χ0) is 18.1. The smallest absolute Gasteiger partial charge is 0.345 e. The van der Waals surface area contributed by atoms with Crippen LogP contribution in [0.15, 0.2) is 59.8 Å². The summed E-state index contributed by atoms with van der Waals surface area (Å²) in [5.41, 5.74) is 2.01. The van der Waals surface area contributed by atoms with Crippen molar-refractivity contribution >= 4 is 17.6 Å². The van der Waals surface area contributed by atoms with E-state index in [2.05, 4.69) is 0 Å². The number of pyridine rings is 1. The molecule has 0 fully saturated rings. The minimum absolute atomic E-state index is 0.0622. The van der Waals surface area contributed by atoms with Crippen LogP contribution in [0.3, 0.4) is 0 Å². The zero-order valence-corrected chi connectivity index (χ0v) is 14.2. The molecule has 2 aliphatic rings. The molecule has 0 bridgehead atoms. The fraction of sp³-hybridized carbons (Fsp3) is 0.250.